The van der Waals surface area contributed by atoms with Gasteiger partial charge in [-0.25, -0.2) is 0 Å². The second-order valence-electron chi connectivity index (χ2n) is 6.06. The molecule has 144 valence electrons. The predicted molar refractivity (Wildman–Crippen MR) is 94.9 cm³/mol. The fourth-order valence-electron chi connectivity index (χ4n) is 2.96. The maximum Gasteiger partial charge on any atom is 0.471 e. The van der Waals surface area contributed by atoms with E-state index in [4.69, 9.17) is 0 Å². The van der Waals surface area contributed by atoms with Crippen LogP contribution in [0.5, 0.6) is 0 Å². The quantitative estimate of drug-likeness (QED) is 0.705. The summed E-state index contributed by atoms with van der Waals surface area (Å²) in [7, 11) is 0. The molecule has 0 radical (unpaired) electrons. The Morgan fingerprint density at radius 1 is 0.893 bits per heavy atom. The highest BCUT2D eigenvalue weighted by Gasteiger charge is 2.47. The largest absolute Gasteiger partial charge is 0.471 e. The lowest BCUT2D eigenvalue weighted by molar-refractivity contribution is -0.176. The minimum Gasteiger partial charge on any atom is -0.378 e. The maximum absolute atomic E-state index is 13.0. The summed E-state index contributed by atoms with van der Waals surface area (Å²) in [4.78, 5) is 19.7. The van der Waals surface area contributed by atoms with Crippen LogP contribution in [0.3, 0.4) is 0 Å². The third kappa shape index (κ3) is 3.86. The fraction of sp³-hybridized carbons (Fsp3) is 0.150. The van der Waals surface area contributed by atoms with E-state index in [9.17, 15) is 23.1 Å². The van der Waals surface area contributed by atoms with Crippen LogP contribution < -0.4 is 5.32 Å². The molecule has 28 heavy (non-hydrogen) atoms. The van der Waals surface area contributed by atoms with Crippen LogP contribution in [-0.4, -0.2) is 27.2 Å². The van der Waals surface area contributed by atoms with Gasteiger partial charge in [-0.2, -0.15) is 13.2 Å². The zero-order chi connectivity index (χ0) is 20.2. The van der Waals surface area contributed by atoms with Gasteiger partial charge in [-0.3, -0.25) is 14.8 Å². The molecule has 1 aromatic carbocycles. The number of nitrogens with zero attached hydrogens (tertiary/aromatic N) is 2. The minimum atomic E-state index is -5.11. The molecule has 2 heterocycles. The number of benzene rings is 1. The number of carbonyl (C=O) groups excluding carboxylic acids is 1. The number of alkyl halides is 3. The van der Waals surface area contributed by atoms with Crippen molar-refractivity contribution in [2.24, 2.45) is 0 Å². The second-order valence-corrected chi connectivity index (χ2v) is 6.06. The normalized spacial score (nSPS) is 13.0. The molecule has 0 spiro atoms. The molecule has 2 N–H and O–H groups in total. The van der Waals surface area contributed by atoms with E-state index >= 15 is 0 Å². The lowest BCUT2D eigenvalue weighted by atomic mass is 9.78. The molecule has 0 fully saturated rings. The molecule has 2 aromatic heterocycles. The van der Waals surface area contributed by atoms with Crippen molar-refractivity contribution < 1.29 is 23.1 Å². The summed E-state index contributed by atoms with van der Waals surface area (Å²) in [6.45, 7) is 0. The molecule has 0 saturated carbocycles. The Hall–Kier alpha value is -3.26. The molecule has 1 amide bonds. The van der Waals surface area contributed by atoms with E-state index in [2.05, 4.69) is 9.97 Å². The van der Waals surface area contributed by atoms with Crippen molar-refractivity contribution in [3.8, 4) is 0 Å². The second kappa shape index (κ2) is 7.77. The lowest BCUT2D eigenvalue weighted by Gasteiger charge is -2.37. The first kappa shape index (κ1) is 19.5. The molecular formula is C20H16F3N3O2. The monoisotopic (exact) mass is 387 g/mol. The summed E-state index contributed by atoms with van der Waals surface area (Å²) in [6, 6.07) is 12.6. The third-order valence-electron chi connectivity index (χ3n) is 4.29. The number of aliphatic hydroxyl groups is 1. The zero-order valence-electron chi connectivity index (χ0n) is 14.5. The highest BCUT2D eigenvalue weighted by molar-refractivity contribution is 5.82. The van der Waals surface area contributed by atoms with E-state index in [1.807, 2.05) is 5.32 Å². The van der Waals surface area contributed by atoms with Crippen molar-refractivity contribution in [1.29, 1.82) is 0 Å². The molecule has 3 rings (SSSR count). The molecule has 3 aromatic rings. The van der Waals surface area contributed by atoms with Gasteiger partial charge in [-0.15, -0.1) is 0 Å². The maximum atomic E-state index is 13.0. The van der Waals surface area contributed by atoms with Crippen molar-refractivity contribution in [3.63, 3.8) is 0 Å². The summed E-state index contributed by atoms with van der Waals surface area (Å²) >= 11 is 0. The van der Waals surface area contributed by atoms with E-state index < -0.39 is 23.7 Å². The predicted octanol–water partition coefficient (Wildman–Crippen LogP) is 3.13. The molecule has 1 atom stereocenters. The molecule has 0 aliphatic carbocycles. The first-order chi connectivity index (χ1) is 13.3. The van der Waals surface area contributed by atoms with Gasteiger partial charge in [0.15, 0.2) is 0 Å². The number of aromatic nitrogens is 2. The molecule has 0 bridgehead atoms. The summed E-state index contributed by atoms with van der Waals surface area (Å²) in [6.07, 6.45) is 0.501. The fourth-order valence-corrected chi connectivity index (χ4v) is 2.96. The Kier molecular flexibility index (Phi) is 5.41. The molecule has 8 heteroatoms. The van der Waals surface area contributed by atoms with Crippen LogP contribution in [0.25, 0.3) is 0 Å². The molecule has 0 saturated heterocycles. The number of halogens is 3. The van der Waals surface area contributed by atoms with Gasteiger partial charge in [0.05, 0.1) is 6.04 Å². The van der Waals surface area contributed by atoms with Crippen molar-refractivity contribution in [2.75, 3.05) is 0 Å². The van der Waals surface area contributed by atoms with Crippen molar-refractivity contribution >= 4 is 5.91 Å². The molecule has 0 aliphatic heterocycles. The minimum absolute atomic E-state index is 0.208. The van der Waals surface area contributed by atoms with E-state index in [1.54, 1.807) is 30.3 Å². The van der Waals surface area contributed by atoms with Gasteiger partial charge in [0.1, 0.15) is 5.60 Å². The number of hydrogen-bond acceptors (Lipinski definition) is 4. The first-order valence-electron chi connectivity index (χ1n) is 8.29. The van der Waals surface area contributed by atoms with Crippen LogP contribution in [-0.2, 0) is 10.4 Å². The molecule has 5 nitrogen and oxygen atoms in total. The van der Waals surface area contributed by atoms with E-state index in [0.717, 1.165) is 0 Å². The Morgan fingerprint density at radius 3 is 1.86 bits per heavy atom. The van der Waals surface area contributed by atoms with Crippen LogP contribution in [0.2, 0.25) is 0 Å². The van der Waals surface area contributed by atoms with Crippen molar-refractivity contribution in [2.45, 2.75) is 17.8 Å². The number of carbonyl (C=O) groups is 1. The molecule has 0 aliphatic rings. The van der Waals surface area contributed by atoms with E-state index in [1.165, 1.54) is 49.1 Å². The van der Waals surface area contributed by atoms with Gasteiger partial charge in [0.25, 0.3) is 0 Å². The Bertz CT molecular complexity index is 880. The molecular weight excluding hydrogens is 371 g/mol. The highest BCUT2D eigenvalue weighted by Crippen LogP contribution is 2.41. The summed E-state index contributed by atoms with van der Waals surface area (Å²) in [5.74, 6) is -2.16. The average Bonchev–Trinajstić information content (AvgIpc) is 2.72. The number of pyridine rings is 2. The SMILES string of the molecule is O=C(NC(c1ccccc1)C(O)(c1cccnc1)c1cccnc1)C(F)(F)F. The topological polar surface area (TPSA) is 75.1 Å². The van der Waals surface area contributed by atoms with Crippen LogP contribution in [0.4, 0.5) is 13.2 Å². The van der Waals surface area contributed by atoms with E-state index in [-0.39, 0.29) is 16.7 Å². The summed E-state index contributed by atoms with van der Waals surface area (Å²) < 4.78 is 39.0. The van der Waals surface area contributed by atoms with Gasteiger partial charge in [0, 0.05) is 35.9 Å². The number of rotatable bonds is 5. The number of nitrogens with one attached hydrogen (secondary N) is 1. The van der Waals surface area contributed by atoms with Gasteiger partial charge in [0.2, 0.25) is 0 Å². The summed E-state index contributed by atoms with van der Waals surface area (Å²) in [5.41, 5.74) is -1.35. The van der Waals surface area contributed by atoms with Gasteiger partial charge in [-0.1, -0.05) is 42.5 Å². The van der Waals surface area contributed by atoms with Crippen LogP contribution >= 0.6 is 0 Å². The van der Waals surface area contributed by atoms with Gasteiger partial charge >= 0.3 is 12.1 Å². The number of amides is 1. The summed E-state index contributed by atoms with van der Waals surface area (Å²) in [5, 5.41) is 13.7. The Labute approximate surface area is 158 Å². The van der Waals surface area contributed by atoms with Gasteiger partial charge < -0.3 is 10.4 Å². The van der Waals surface area contributed by atoms with Crippen molar-refractivity contribution in [3.05, 3.63) is 96.1 Å². The molecule has 1 unspecified atom stereocenters. The average molecular weight is 387 g/mol. The smallest absolute Gasteiger partial charge is 0.378 e. The third-order valence-corrected chi connectivity index (χ3v) is 4.29. The van der Waals surface area contributed by atoms with Crippen LogP contribution in [0.15, 0.2) is 79.4 Å². The highest BCUT2D eigenvalue weighted by atomic mass is 19.4. The van der Waals surface area contributed by atoms with Crippen LogP contribution in [0, 0.1) is 0 Å². The van der Waals surface area contributed by atoms with E-state index in [0.29, 0.717) is 0 Å². The Balaban J connectivity index is 2.21. The van der Waals surface area contributed by atoms with Gasteiger partial charge in [-0.05, 0) is 17.7 Å². The van der Waals surface area contributed by atoms with Crippen LogP contribution in [0.1, 0.15) is 22.7 Å². The first-order valence-corrected chi connectivity index (χ1v) is 8.29. The number of hydrogen-bond donors (Lipinski definition) is 2. The Morgan fingerprint density at radius 2 is 1.43 bits per heavy atom. The van der Waals surface area contributed by atoms with Crippen molar-refractivity contribution in [1.82, 2.24) is 15.3 Å². The lowest BCUT2D eigenvalue weighted by Crippen LogP contribution is -2.48. The zero-order valence-corrected chi connectivity index (χ0v) is 14.5. The standard InChI is InChI=1S/C20H16F3N3O2/c21-20(22,23)18(27)26-17(14-6-2-1-3-7-14)19(28,15-8-4-10-24-12-15)16-9-5-11-25-13-16/h1-13,17,28H,(H,26,27).